The van der Waals surface area contributed by atoms with Gasteiger partial charge in [0.25, 0.3) is 0 Å². The molecule has 2 rings (SSSR count). The molecule has 0 bridgehead atoms. The third kappa shape index (κ3) is 2.49. The summed E-state index contributed by atoms with van der Waals surface area (Å²) in [6.07, 6.45) is 5.85. The molecule has 4 unspecified atom stereocenters. The average Bonchev–Trinajstić information content (AvgIpc) is 2.66. The summed E-state index contributed by atoms with van der Waals surface area (Å²) >= 11 is 0. The highest BCUT2D eigenvalue weighted by Gasteiger charge is 2.39. The standard InChI is InChI=1S/C14H26N2O/c1-4-6-12-14(17)16(9-15-12)13-8-5-7-10(2)11(13)3/h10-13,15H,4-9H2,1-3H3. The lowest BCUT2D eigenvalue weighted by atomic mass is 9.77. The van der Waals surface area contributed by atoms with Gasteiger partial charge in [0, 0.05) is 6.04 Å². The van der Waals surface area contributed by atoms with Crippen LogP contribution in [0, 0.1) is 11.8 Å². The largest absolute Gasteiger partial charge is 0.325 e. The van der Waals surface area contributed by atoms with Crippen molar-refractivity contribution in [1.82, 2.24) is 10.2 Å². The molecule has 0 aromatic rings. The normalized spacial score (nSPS) is 38.8. The van der Waals surface area contributed by atoms with Crippen molar-refractivity contribution in [3.8, 4) is 0 Å². The minimum Gasteiger partial charge on any atom is -0.325 e. The summed E-state index contributed by atoms with van der Waals surface area (Å²) in [5, 5.41) is 3.37. The predicted octanol–water partition coefficient (Wildman–Crippen LogP) is 2.37. The Hall–Kier alpha value is -0.570. The molecule has 3 nitrogen and oxygen atoms in total. The van der Waals surface area contributed by atoms with Crippen LogP contribution < -0.4 is 5.32 Å². The van der Waals surface area contributed by atoms with Crippen LogP contribution in [-0.2, 0) is 4.79 Å². The number of rotatable bonds is 3. The van der Waals surface area contributed by atoms with E-state index in [0.29, 0.717) is 17.9 Å². The summed E-state index contributed by atoms with van der Waals surface area (Å²) in [6, 6.07) is 0.560. The zero-order chi connectivity index (χ0) is 12.4. The van der Waals surface area contributed by atoms with Crippen LogP contribution in [-0.4, -0.2) is 29.6 Å². The van der Waals surface area contributed by atoms with Crippen LogP contribution in [0.2, 0.25) is 0 Å². The molecule has 1 saturated heterocycles. The summed E-state index contributed by atoms with van der Waals surface area (Å²) in [5.74, 6) is 1.75. The van der Waals surface area contributed by atoms with E-state index < -0.39 is 0 Å². The molecule has 1 heterocycles. The van der Waals surface area contributed by atoms with Crippen LogP contribution in [0.4, 0.5) is 0 Å². The minimum atomic E-state index is 0.0874. The summed E-state index contributed by atoms with van der Waals surface area (Å²) in [4.78, 5) is 14.4. The molecule has 0 aromatic carbocycles. The van der Waals surface area contributed by atoms with Crippen molar-refractivity contribution in [3.05, 3.63) is 0 Å². The van der Waals surface area contributed by atoms with E-state index in [9.17, 15) is 4.79 Å². The molecular formula is C14H26N2O. The monoisotopic (exact) mass is 238 g/mol. The van der Waals surface area contributed by atoms with E-state index in [0.717, 1.165) is 25.4 Å². The number of hydrogen-bond donors (Lipinski definition) is 1. The van der Waals surface area contributed by atoms with Crippen molar-refractivity contribution in [1.29, 1.82) is 0 Å². The van der Waals surface area contributed by atoms with Gasteiger partial charge in [-0.15, -0.1) is 0 Å². The molecule has 4 atom stereocenters. The summed E-state index contributed by atoms with van der Waals surface area (Å²) in [7, 11) is 0. The van der Waals surface area contributed by atoms with Gasteiger partial charge in [0.15, 0.2) is 0 Å². The van der Waals surface area contributed by atoms with Gasteiger partial charge < -0.3 is 4.90 Å². The second-order valence-corrected chi connectivity index (χ2v) is 5.85. The van der Waals surface area contributed by atoms with Gasteiger partial charge >= 0.3 is 0 Å². The number of nitrogens with one attached hydrogen (secondary N) is 1. The predicted molar refractivity (Wildman–Crippen MR) is 69.5 cm³/mol. The SMILES string of the molecule is CCCC1NCN(C2CCCC(C)C2C)C1=O. The quantitative estimate of drug-likeness (QED) is 0.818. The van der Waals surface area contributed by atoms with E-state index in [-0.39, 0.29) is 6.04 Å². The number of nitrogens with zero attached hydrogens (tertiary/aromatic N) is 1. The Balaban J connectivity index is 2.00. The first-order valence-corrected chi connectivity index (χ1v) is 7.19. The Morgan fingerprint density at radius 1 is 1.35 bits per heavy atom. The van der Waals surface area contributed by atoms with E-state index in [1.165, 1.54) is 19.3 Å². The van der Waals surface area contributed by atoms with E-state index >= 15 is 0 Å². The maximum atomic E-state index is 12.3. The van der Waals surface area contributed by atoms with Crippen molar-refractivity contribution in [2.45, 2.75) is 65.0 Å². The number of carbonyl (C=O) groups is 1. The van der Waals surface area contributed by atoms with Crippen molar-refractivity contribution in [2.75, 3.05) is 6.67 Å². The van der Waals surface area contributed by atoms with E-state index in [1.54, 1.807) is 0 Å². The molecule has 1 amide bonds. The Morgan fingerprint density at radius 3 is 2.82 bits per heavy atom. The first-order valence-electron chi connectivity index (χ1n) is 7.19. The number of carbonyl (C=O) groups excluding carboxylic acids is 1. The van der Waals surface area contributed by atoms with Crippen LogP contribution in [0.25, 0.3) is 0 Å². The molecule has 0 aromatic heterocycles. The van der Waals surface area contributed by atoms with Gasteiger partial charge in [-0.25, -0.2) is 0 Å². The van der Waals surface area contributed by atoms with Crippen molar-refractivity contribution in [2.24, 2.45) is 11.8 Å². The Morgan fingerprint density at radius 2 is 2.12 bits per heavy atom. The summed E-state index contributed by atoms with van der Waals surface area (Å²) in [6.45, 7) is 7.55. The van der Waals surface area contributed by atoms with Crippen molar-refractivity contribution < 1.29 is 4.79 Å². The minimum absolute atomic E-state index is 0.0874. The second kappa shape index (κ2) is 5.38. The molecule has 1 aliphatic carbocycles. The Kier molecular flexibility index (Phi) is 4.08. The molecule has 2 fully saturated rings. The fourth-order valence-electron chi connectivity index (χ4n) is 3.36. The molecule has 3 heteroatoms. The summed E-state index contributed by atoms with van der Waals surface area (Å²) in [5.41, 5.74) is 0. The number of amides is 1. The van der Waals surface area contributed by atoms with Gasteiger partial charge in [-0.2, -0.15) is 0 Å². The first-order chi connectivity index (χ1) is 8.15. The number of hydrogen-bond acceptors (Lipinski definition) is 2. The van der Waals surface area contributed by atoms with Crippen LogP contribution in [0.1, 0.15) is 52.9 Å². The molecule has 98 valence electrons. The van der Waals surface area contributed by atoms with Crippen molar-refractivity contribution >= 4 is 5.91 Å². The van der Waals surface area contributed by atoms with Gasteiger partial charge in [0.2, 0.25) is 5.91 Å². The fourth-order valence-corrected chi connectivity index (χ4v) is 3.36. The Labute approximate surface area is 105 Å². The van der Waals surface area contributed by atoms with E-state index in [1.807, 2.05) is 0 Å². The van der Waals surface area contributed by atoms with Crippen molar-refractivity contribution in [3.63, 3.8) is 0 Å². The van der Waals surface area contributed by atoms with Crippen LogP contribution >= 0.6 is 0 Å². The molecule has 1 N–H and O–H groups in total. The smallest absolute Gasteiger partial charge is 0.241 e. The van der Waals surface area contributed by atoms with Crippen LogP contribution in [0.5, 0.6) is 0 Å². The maximum absolute atomic E-state index is 12.3. The van der Waals surface area contributed by atoms with Gasteiger partial charge in [-0.1, -0.05) is 40.0 Å². The second-order valence-electron chi connectivity index (χ2n) is 5.85. The molecule has 0 spiro atoms. The molecule has 2 aliphatic rings. The lowest BCUT2D eigenvalue weighted by Gasteiger charge is -2.39. The molecule has 1 saturated carbocycles. The Bertz CT molecular complexity index is 279. The highest BCUT2D eigenvalue weighted by molar-refractivity contribution is 5.84. The molecular weight excluding hydrogens is 212 g/mol. The zero-order valence-corrected chi connectivity index (χ0v) is 11.4. The zero-order valence-electron chi connectivity index (χ0n) is 11.4. The van der Waals surface area contributed by atoms with Gasteiger partial charge in [-0.05, 0) is 24.7 Å². The maximum Gasteiger partial charge on any atom is 0.241 e. The van der Waals surface area contributed by atoms with Crippen LogP contribution in [0.15, 0.2) is 0 Å². The van der Waals surface area contributed by atoms with E-state index in [2.05, 4.69) is 31.0 Å². The molecule has 17 heavy (non-hydrogen) atoms. The highest BCUT2D eigenvalue weighted by Crippen LogP contribution is 2.33. The first kappa shape index (κ1) is 12.9. The van der Waals surface area contributed by atoms with Gasteiger partial charge in [0.05, 0.1) is 12.7 Å². The fraction of sp³-hybridized carbons (Fsp3) is 0.929. The van der Waals surface area contributed by atoms with E-state index in [4.69, 9.17) is 0 Å². The third-order valence-electron chi connectivity index (χ3n) is 4.73. The lowest BCUT2D eigenvalue weighted by molar-refractivity contribution is -0.133. The van der Waals surface area contributed by atoms with Crippen LogP contribution in [0.3, 0.4) is 0 Å². The summed E-state index contributed by atoms with van der Waals surface area (Å²) < 4.78 is 0. The van der Waals surface area contributed by atoms with Gasteiger partial charge in [-0.3, -0.25) is 10.1 Å². The third-order valence-corrected chi connectivity index (χ3v) is 4.73. The molecule has 0 radical (unpaired) electrons. The highest BCUT2D eigenvalue weighted by atomic mass is 16.2. The molecule has 1 aliphatic heterocycles. The average molecular weight is 238 g/mol. The lowest BCUT2D eigenvalue weighted by Crippen LogP contribution is -2.46. The van der Waals surface area contributed by atoms with Gasteiger partial charge in [0.1, 0.15) is 0 Å². The topological polar surface area (TPSA) is 32.3 Å².